The van der Waals surface area contributed by atoms with Crippen molar-refractivity contribution in [1.29, 1.82) is 0 Å². The molecule has 2 aliphatic heterocycles. The molecule has 0 radical (unpaired) electrons. The fraction of sp³-hybridized carbons (Fsp3) is 0.304. The van der Waals surface area contributed by atoms with Crippen LogP contribution in [0.2, 0.25) is 0 Å². The molecule has 1 aromatic carbocycles. The van der Waals surface area contributed by atoms with Gasteiger partial charge in [0.15, 0.2) is 0 Å². The first-order valence-corrected chi connectivity index (χ1v) is 10.0. The predicted molar refractivity (Wildman–Crippen MR) is 111 cm³/mol. The SMILES string of the molecule is CCC1(CC(=O)CN)C(=O)OCc2c1cc1n(c2=O)Cc2cc3ccccc3nc2-1. The van der Waals surface area contributed by atoms with Crippen LogP contribution in [0, 0.1) is 0 Å². The molecule has 4 heterocycles. The number of rotatable bonds is 4. The van der Waals surface area contributed by atoms with E-state index in [-0.39, 0.29) is 30.9 Å². The highest BCUT2D eigenvalue weighted by Crippen LogP contribution is 2.42. The molecular weight excluding hydrogens is 382 g/mol. The number of benzene rings is 1. The molecule has 0 bridgehead atoms. The van der Waals surface area contributed by atoms with Crippen LogP contribution in [0.1, 0.15) is 36.5 Å². The van der Waals surface area contributed by atoms with Gasteiger partial charge in [0, 0.05) is 17.4 Å². The van der Waals surface area contributed by atoms with Gasteiger partial charge in [-0.05, 0) is 30.2 Å². The van der Waals surface area contributed by atoms with Crippen LogP contribution in [0.3, 0.4) is 0 Å². The maximum absolute atomic E-state index is 13.4. The number of nitrogens with zero attached hydrogens (tertiary/aromatic N) is 2. The Labute approximate surface area is 172 Å². The fourth-order valence-electron chi connectivity index (χ4n) is 4.70. The van der Waals surface area contributed by atoms with E-state index in [4.69, 9.17) is 15.5 Å². The van der Waals surface area contributed by atoms with Crippen molar-refractivity contribution in [3.8, 4) is 11.4 Å². The molecule has 2 N–H and O–H groups in total. The lowest BCUT2D eigenvalue weighted by Crippen LogP contribution is -2.46. The van der Waals surface area contributed by atoms with Crippen molar-refractivity contribution in [1.82, 2.24) is 9.55 Å². The molecule has 7 nitrogen and oxygen atoms in total. The predicted octanol–water partition coefficient (Wildman–Crippen LogP) is 2.05. The van der Waals surface area contributed by atoms with Crippen LogP contribution in [0.15, 0.2) is 41.2 Å². The van der Waals surface area contributed by atoms with E-state index in [2.05, 4.69) is 6.07 Å². The van der Waals surface area contributed by atoms with Gasteiger partial charge in [-0.15, -0.1) is 0 Å². The van der Waals surface area contributed by atoms with E-state index < -0.39 is 11.4 Å². The average Bonchev–Trinajstić information content (AvgIpc) is 3.12. The molecule has 30 heavy (non-hydrogen) atoms. The summed E-state index contributed by atoms with van der Waals surface area (Å²) in [6, 6.07) is 11.7. The highest BCUT2D eigenvalue weighted by molar-refractivity contribution is 5.93. The van der Waals surface area contributed by atoms with E-state index in [0.717, 1.165) is 22.2 Å². The van der Waals surface area contributed by atoms with Gasteiger partial charge < -0.3 is 15.0 Å². The number of para-hydroxylation sites is 1. The van der Waals surface area contributed by atoms with Gasteiger partial charge in [-0.1, -0.05) is 25.1 Å². The summed E-state index contributed by atoms with van der Waals surface area (Å²) < 4.78 is 7.06. The Morgan fingerprint density at radius 1 is 1.27 bits per heavy atom. The molecule has 0 saturated carbocycles. The number of Topliss-reactive ketones (excluding diaryl/α,β-unsaturated/α-hetero) is 1. The zero-order chi connectivity index (χ0) is 21.0. The Balaban J connectivity index is 1.77. The minimum absolute atomic E-state index is 0.0767. The molecule has 7 heteroatoms. The second-order valence-electron chi connectivity index (χ2n) is 7.93. The van der Waals surface area contributed by atoms with Gasteiger partial charge in [0.2, 0.25) is 0 Å². The van der Waals surface area contributed by atoms with Crippen molar-refractivity contribution in [2.45, 2.75) is 38.3 Å². The Morgan fingerprint density at radius 3 is 2.83 bits per heavy atom. The van der Waals surface area contributed by atoms with Crippen molar-refractivity contribution >= 4 is 22.7 Å². The number of aromatic nitrogens is 2. The summed E-state index contributed by atoms with van der Waals surface area (Å²) in [4.78, 5) is 43.2. The normalized spacial score (nSPS) is 19.2. The van der Waals surface area contributed by atoms with Crippen molar-refractivity contribution in [3.05, 3.63) is 63.4 Å². The number of carbonyl (C=O) groups excluding carboxylic acids is 2. The van der Waals surface area contributed by atoms with Crippen molar-refractivity contribution < 1.29 is 14.3 Å². The topological polar surface area (TPSA) is 104 Å². The number of carbonyl (C=O) groups is 2. The molecule has 5 rings (SSSR count). The summed E-state index contributed by atoms with van der Waals surface area (Å²) in [6.07, 6.45) is 0.262. The van der Waals surface area contributed by atoms with Gasteiger partial charge in [0.25, 0.3) is 5.56 Å². The van der Waals surface area contributed by atoms with E-state index in [1.165, 1.54) is 0 Å². The Morgan fingerprint density at radius 2 is 2.07 bits per heavy atom. The van der Waals surface area contributed by atoms with Gasteiger partial charge in [-0.2, -0.15) is 0 Å². The number of hydrogen-bond acceptors (Lipinski definition) is 6. The summed E-state index contributed by atoms with van der Waals surface area (Å²) in [5, 5.41) is 1.01. The zero-order valence-corrected chi connectivity index (χ0v) is 16.6. The van der Waals surface area contributed by atoms with Crippen LogP contribution in [-0.4, -0.2) is 27.8 Å². The molecule has 2 aromatic heterocycles. The van der Waals surface area contributed by atoms with E-state index in [0.29, 0.717) is 29.8 Å². The number of fused-ring (bicyclic) bond motifs is 5. The third-order valence-corrected chi connectivity index (χ3v) is 6.36. The number of cyclic esters (lactones) is 1. The highest BCUT2D eigenvalue weighted by atomic mass is 16.5. The molecule has 1 atom stereocenters. The first kappa shape index (κ1) is 18.7. The zero-order valence-electron chi connectivity index (χ0n) is 16.6. The number of hydrogen-bond donors (Lipinski definition) is 1. The van der Waals surface area contributed by atoms with Gasteiger partial charge in [0.05, 0.1) is 35.6 Å². The van der Waals surface area contributed by atoms with E-state index >= 15 is 0 Å². The molecule has 1 unspecified atom stereocenters. The third kappa shape index (κ3) is 2.48. The molecule has 0 spiro atoms. The van der Waals surface area contributed by atoms with Crippen LogP contribution in [-0.2, 0) is 32.9 Å². The largest absolute Gasteiger partial charge is 0.460 e. The lowest BCUT2D eigenvalue weighted by Gasteiger charge is -2.36. The third-order valence-electron chi connectivity index (χ3n) is 6.36. The van der Waals surface area contributed by atoms with Crippen LogP contribution in [0.5, 0.6) is 0 Å². The Hall–Kier alpha value is -3.32. The van der Waals surface area contributed by atoms with Crippen LogP contribution >= 0.6 is 0 Å². The number of ketones is 1. The monoisotopic (exact) mass is 403 g/mol. The standard InChI is InChI=1S/C23H21N3O4/c1-2-23(9-15(27)10-24)17-8-19-20-14(7-13-5-3-4-6-18(13)25-20)11-26(19)21(28)16(17)12-30-22(23)29/h3-8H,2,9-12,24H2,1H3. The molecule has 0 aliphatic carbocycles. The van der Waals surface area contributed by atoms with Crippen molar-refractivity contribution in [2.24, 2.45) is 5.73 Å². The lowest BCUT2D eigenvalue weighted by atomic mass is 9.71. The quantitative estimate of drug-likeness (QED) is 0.523. The molecule has 2 aliphatic rings. The molecule has 3 aromatic rings. The number of esters is 1. The summed E-state index contributed by atoms with van der Waals surface area (Å²) >= 11 is 0. The minimum atomic E-state index is -1.20. The van der Waals surface area contributed by atoms with Crippen molar-refractivity contribution in [3.63, 3.8) is 0 Å². The first-order chi connectivity index (χ1) is 14.5. The summed E-state index contributed by atoms with van der Waals surface area (Å²) in [7, 11) is 0. The summed E-state index contributed by atoms with van der Waals surface area (Å²) in [5.74, 6) is -0.722. The molecular formula is C23H21N3O4. The molecule has 0 amide bonds. The molecule has 0 fully saturated rings. The second kappa shape index (κ2) is 6.60. The van der Waals surface area contributed by atoms with E-state index in [1.54, 1.807) is 4.57 Å². The smallest absolute Gasteiger partial charge is 0.317 e. The molecule has 0 saturated heterocycles. The van der Waals surface area contributed by atoms with Gasteiger partial charge in [0.1, 0.15) is 17.8 Å². The summed E-state index contributed by atoms with van der Waals surface area (Å²) in [5.41, 5.74) is 8.35. The van der Waals surface area contributed by atoms with Crippen LogP contribution < -0.4 is 11.3 Å². The van der Waals surface area contributed by atoms with E-state index in [1.807, 2.05) is 37.3 Å². The second-order valence-corrected chi connectivity index (χ2v) is 7.93. The van der Waals surface area contributed by atoms with Crippen LogP contribution in [0.4, 0.5) is 0 Å². The molecule has 152 valence electrons. The fourth-order valence-corrected chi connectivity index (χ4v) is 4.70. The lowest BCUT2D eigenvalue weighted by molar-refractivity contribution is -0.156. The van der Waals surface area contributed by atoms with Crippen LogP contribution in [0.25, 0.3) is 22.3 Å². The minimum Gasteiger partial charge on any atom is -0.460 e. The van der Waals surface area contributed by atoms with Gasteiger partial charge in [-0.3, -0.25) is 14.4 Å². The maximum Gasteiger partial charge on any atom is 0.317 e. The first-order valence-electron chi connectivity index (χ1n) is 10.0. The van der Waals surface area contributed by atoms with E-state index in [9.17, 15) is 14.4 Å². The summed E-state index contributed by atoms with van der Waals surface area (Å²) in [6.45, 7) is 2.00. The average molecular weight is 403 g/mol. The Kier molecular flexibility index (Phi) is 4.11. The van der Waals surface area contributed by atoms with Gasteiger partial charge >= 0.3 is 5.97 Å². The maximum atomic E-state index is 13.4. The number of pyridine rings is 2. The Bertz CT molecular complexity index is 1290. The van der Waals surface area contributed by atoms with Gasteiger partial charge in [-0.25, -0.2) is 4.98 Å². The van der Waals surface area contributed by atoms with Crippen molar-refractivity contribution in [2.75, 3.05) is 6.54 Å². The number of ether oxygens (including phenoxy) is 1. The highest BCUT2D eigenvalue weighted by Gasteiger charge is 2.47. The number of nitrogens with two attached hydrogens (primary N) is 1.